The van der Waals surface area contributed by atoms with Gasteiger partial charge in [0.25, 0.3) is 0 Å². The first-order chi connectivity index (χ1) is 9.84. The summed E-state index contributed by atoms with van der Waals surface area (Å²) in [5.41, 5.74) is 1.20. The van der Waals surface area contributed by atoms with E-state index in [2.05, 4.69) is 11.4 Å². The number of hydrogen-bond acceptors (Lipinski definition) is 1. The molecule has 0 aromatic heterocycles. The monoisotopic (exact) mass is 275 g/mol. The maximum Gasteiger partial charge on any atom is 0.123 e. The van der Waals surface area contributed by atoms with Crippen molar-refractivity contribution in [1.29, 1.82) is 0 Å². The molecule has 1 aromatic carbocycles. The molecule has 0 bridgehead atoms. The molecule has 2 aliphatic rings. The lowest BCUT2D eigenvalue weighted by molar-refractivity contribution is 0.205. The van der Waals surface area contributed by atoms with Crippen molar-refractivity contribution in [2.24, 2.45) is 11.8 Å². The van der Waals surface area contributed by atoms with Gasteiger partial charge in [0.05, 0.1) is 0 Å². The highest BCUT2D eigenvalue weighted by molar-refractivity contribution is 5.23. The SMILES string of the molecule is Fc1cccc(C2CNCCC2C2CCCCCC2)c1. The van der Waals surface area contributed by atoms with E-state index < -0.39 is 0 Å². The Morgan fingerprint density at radius 3 is 2.55 bits per heavy atom. The maximum absolute atomic E-state index is 13.5. The highest BCUT2D eigenvalue weighted by Gasteiger charge is 2.32. The summed E-state index contributed by atoms with van der Waals surface area (Å²) in [7, 11) is 0. The molecule has 0 radical (unpaired) electrons. The standard InChI is InChI=1S/C18H26FN/c19-16-9-5-8-15(12-16)18-13-20-11-10-17(18)14-6-3-1-2-4-7-14/h5,8-9,12,14,17-18,20H,1-4,6-7,10-11,13H2. The number of halogens is 1. The van der Waals surface area contributed by atoms with Crippen LogP contribution in [-0.4, -0.2) is 13.1 Å². The van der Waals surface area contributed by atoms with Gasteiger partial charge in [0, 0.05) is 6.54 Å². The summed E-state index contributed by atoms with van der Waals surface area (Å²) >= 11 is 0. The zero-order valence-corrected chi connectivity index (χ0v) is 12.3. The molecular weight excluding hydrogens is 249 g/mol. The molecule has 1 heterocycles. The average Bonchev–Trinajstić information content (AvgIpc) is 2.76. The Kier molecular flexibility index (Phi) is 4.72. The molecule has 20 heavy (non-hydrogen) atoms. The summed E-state index contributed by atoms with van der Waals surface area (Å²) in [6.07, 6.45) is 9.63. The van der Waals surface area contributed by atoms with Crippen molar-refractivity contribution in [3.8, 4) is 0 Å². The normalized spacial score (nSPS) is 29.1. The summed E-state index contributed by atoms with van der Waals surface area (Å²) in [5, 5.41) is 3.52. The van der Waals surface area contributed by atoms with Gasteiger partial charge >= 0.3 is 0 Å². The lowest BCUT2D eigenvalue weighted by atomic mass is 9.71. The Hall–Kier alpha value is -0.890. The van der Waals surface area contributed by atoms with E-state index in [1.165, 1.54) is 50.5 Å². The minimum absolute atomic E-state index is 0.0901. The zero-order chi connectivity index (χ0) is 13.8. The van der Waals surface area contributed by atoms with Crippen LogP contribution in [0.2, 0.25) is 0 Å². The number of hydrogen-bond donors (Lipinski definition) is 1. The van der Waals surface area contributed by atoms with E-state index in [9.17, 15) is 4.39 Å². The van der Waals surface area contributed by atoms with Crippen LogP contribution in [0.4, 0.5) is 4.39 Å². The molecule has 1 saturated carbocycles. The number of benzene rings is 1. The van der Waals surface area contributed by atoms with Crippen molar-refractivity contribution in [3.63, 3.8) is 0 Å². The van der Waals surface area contributed by atoms with Crippen LogP contribution in [-0.2, 0) is 0 Å². The van der Waals surface area contributed by atoms with Gasteiger partial charge in [0.15, 0.2) is 0 Å². The van der Waals surface area contributed by atoms with Crippen LogP contribution >= 0.6 is 0 Å². The summed E-state index contributed by atoms with van der Waals surface area (Å²) in [6.45, 7) is 2.15. The second kappa shape index (κ2) is 6.71. The Balaban J connectivity index is 1.79. The zero-order valence-electron chi connectivity index (χ0n) is 12.3. The van der Waals surface area contributed by atoms with E-state index in [4.69, 9.17) is 0 Å². The van der Waals surface area contributed by atoms with Crippen LogP contribution in [0.1, 0.15) is 56.4 Å². The molecule has 1 nitrogen and oxygen atoms in total. The van der Waals surface area contributed by atoms with Gasteiger partial charge in [0.2, 0.25) is 0 Å². The third-order valence-electron chi connectivity index (χ3n) is 5.32. The fourth-order valence-electron chi connectivity index (χ4n) is 4.28. The molecule has 2 atom stereocenters. The molecule has 1 aromatic rings. The summed E-state index contributed by atoms with van der Waals surface area (Å²) < 4.78 is 13.5. The highest BCUT2D eigenvalue weighted by Crippen LogP contribution is 2.40. The van der Waals surface area contributed by atoms with E-state index in [-0.39, 0.29) is 5.82 Å². The van der Waals surface area contributed by atoms with Crippen molar-refractivity contribution in [3.05, 3.63) is 35.6 Å². The smallest absolute Gasteiger partial charge is 0.123 e. The van der Waals surface area contributed by atoms with Crippen LogP contribution in [0.5, 0.6) is 0 Å². The minimum Gasteiger partial charge on any atom is -0.316 e. The van der Waals surface area contributed by atoms with Gasteiger partial charge in [0.1, 0.15) is 5.82 Å². The highest BCUT2D eigenvalue weighted by atomic mass is 19.1. The predicted octanol–water partition coefficient (Wildman–Crippen LogP) is 4.49. The van der Waals surface area contributed by atoms with Crippen molar-refractivity contribution in [2.45, 2.75) is 50.9 Å². The van der Waals surface area contributed by atoms with E-state index in [0.717, 1.165) is 24.9 Å². The number of rotatable bonds is 2. The first-order valence-electron chi connectivity index (χ1n) is 8.31. The molecule has 0 spiro atoms. The van der Waals surface area contributed by atoms with E-state index in [0.29, 0.717) is 5.92 Å². The van der Waals surface area contributed by atoms with Crippen LogP contribution in [0.25, 0.3) is 0 Å². The quantitative estimate of drug-likeness (QED) is 0.784. The number of piperidine rings is 1. The van der Waals surface area contributed by atoms with E-state index >= 15 is 0 Å². The second-order valence-corrected chi connectivity index (χ2v) is 6.57. The first-order valence-corrected chi connectivity index (χ1v) is 8.31. The van der Waals surface area contributed by atoms with Crippen LogP contribution in [0, 0.1) is 17.7 Å². The van der Waals surface area contributed by atoms with Gasteiger partial charge in [-0.3, -0.25) is 0 Å². The molecular formula is C18H26FN. The summed E-state index contributed by atoms with van der Waals surface area (Å²) in [4.78, 5) is 0. The Labute approximate surface area is 122 Å². The lowest BCUT2D eigenvalue weighted by Crippen LogP contribution is -2.38. The topological polar surface area (TPSA) is 12.0 Å². The van der Waals surface area contributed by atoms with Crippen molar-refractivity contribution in [1.82, 2.24) is 5.32 Å². The number of nitrogens with one attached hydrogen (secondary N) is 1. The van der Waals surface area contributed by atoms with Gasteiger partial charge in [-0.25, -0.2) is 4.39 Å². The lowest BCUT2D eigenvalue weighted by Gasteiger charge is -2.38. The fraction of sp³-hybridized carbons (Fsp3) is 0.667. The van der Waals surface area contributed by atoms with Gasteiger partial charge in [-0.05, 0) is 48.4 Å². The third kappa shape index (κ3) is 3.22. The molecule has 1 N–H and O–H groups in total. The Morgan fingerprint density at radius 2 is 1.80 bits per heavy atom. The first kappa shape index (κ1) is 14.1. The molecule has 2 fully saturated rings. The van der Waals surface area contributed by atoms with Crippen LogP contribution in [0.3, 0.4) is 0 Å². The van der Waals surface area contributed by atoms with Gasteiger partial charge in [-0.2, -0.15) is 0 Å². The Bertz CT molecular complexity index is 423. The van der Waals surface area contributed by atoms with Crippen LogP contribution < -0.4 is 5.32 Å². The summed E-state index contributed by atoms with van der Waals surface area (Å²) in [6, 6.07) is 7.29. The average molecular weight is 275 g/mol. The maximum atomic E-state index is 13.5. The van der Waals surface area contributed by atoms with Crippen molar-refractivity contribution in [2.75, 3.05) is 13.1 Å². The Morgan fingerprint density at radius 1 is 1.00 bits per heavy atom. The molecule has 0 amide bonds. The van der Waals surface area contributed by atoms with E-state index in [1.54, 1.807) is 12.1 Å². The fourth-order valence-corrected chi connectivity index (χ4v) is 4.28. The molecule has 1 aliphatic carbocycles. The second-order valence-electron chi connectivity index (χ2n) is 6.57. The van der Waals surface area contributed by atoms with Crippen LogP contribution in [0.15, 0.2) is 24.3 Å². The van der Waals surface area contributed by atoms with Gasteiger partial charge in [-0.15, -0.1) is 0 Å². The summed E-state index contributed by atoms with van der Waals surface area (Å²) in [5.74, 6) is 2.01. The van der Waals surface area contributed by atoms with Gasteiger partial charge < -0.3 is 5.32 Å². The molecule has 3 rings (SSSR count). The largest absolute Gasteiger partial charge is 0.316 e. The molecule has 2 heteroatoms. The molecule has 110 valence electrons. The third-order valence-corrected chi connectivity index (χ3v) is 5.32. The molecule has 1 saturated heterocycles. The molecule has 2 unspecified atom stereocenters. The predicted molar refractivity (Wildman–Crippen MR) is 81.3 cm³/mol. The molecule has 1 aliphatic heterocycles. The van der Waals surface area contributed by atoms with Gasteiger partial charge in [-0.1, -0.05) is 50.7 Å². The van der Waals surface area contributed by atoms with Crippen molar-refractivity contribution < 1.29 is 4.39 Å². The van der Waals surface area contributed by atoms with E-state index in [1.807, 2.05) is 6.07 Å². The minimum atomic E-state index is -0.0901. The van der Waals surface area contributed by atoms with Crippen molar-refractivity contribution >= 4 is 0 Å².